The van der Waals surface area contributed by atoms with E-state index in [4.69, 9.17) is 9.47 Å². The van der Waals surface area contributed by atoms with Crippen LogP contribution in [0.2, 0.25) is 0 Å². The number of methoxy groups -OCH3 is 1. The molecule has 2 heterocycles. The highest BCUT2D eigenvalue weighted by Gasteiger charge is 2.09. The zero-order chi connectivity index (χ0) is 17.5. The predicted molar refractivity (Wildman–Crippen MR) is 98.3 cm³/mol. The molecule has 0 saturated heterocycles. The smallest absolute Gasteiger partial charge is 0.228 e. The Kier molecular flexibility index (Phi) is 6.54. The molecule has 2 rings (SSSR count). The van der Waals surface area contributed by atoms with Gasteiger partial charge in [0, 0.05) is 31.4 Å². The topological polar surface area (TPSA) is 59.8 Å². The van der Waals surface area contributed by atoms with Crippen LogP contribution in [0.3, 0.4) is 0 Å². The van der Waals surface area contributed by atoms with Gasteiger partial charge in [-0.3, -0.25) is 0 Å². The quantitative estimate of drug-likeness (QED) is 0.530. The van der Waals surface area contributed by atoms with Crippen molar-refractivity contribution < 1.29 is 9.47 Å². The summed E-state index contributed by atoms with van der Waals surface area (Å²) in [5, 5.41) is 0. The van der Waals surface area contributed by atoms with E-state index < -0.39 is 0 Å². The lowest BCUT2D eigenvalue weighted by Gasteiger charge is -2.11. The SMILES string of the molecule is CCN(C)C=Nc1cc(Br)c(OCc2ccc(OC)nc2)nc1C. The fourth-order valence-corrected chi connectivity index (χ4v) is 2.21. The monoisotopic (exact) mass is 392 g/mol. The molecule has 0 spiro atoms. The van der Waals surface area contributed by atoms with Gasteiger partial charge < -0.3 is 14.4 Å². The van der Waals surface area contributed by atoms with Crippen LogP contribution in [0.5, 0.6) is 11.8 Å². The lowest BCUT2D eigenvalue weighted by molar-refractivity contribution is 0.290. The molecule has 6 nitrogen and oxygen atoms in total. The lowest BCUT2D eigenvalue weighted by atomic mass is 10.3. The Morgan fingerprint density at radius 1 is 1.38 bits per heavy atom. The Labute approximate surface area is 150 Å². The Hall–Kier alpha value is -2.15. The summed E-state index contributed by atoms with van der Waals surface area (Å²) in [6, 6.07) is 5.62. The second-order valence-corrected chi connectivity index (χ2v) is 6.05. The van der Waals surface area contributed by atoms with Crippen LogP contribution in [0.25, 0.3) is 0 Å². The molecule has 0 N–H and O–H groups in total. The first-order valence-electron chi connectivity index (χ1n) is 7.56. The summed E-state index contributed by atoms with van der Waals surface area (Å²) in [5.41, 5.74) is 2.55. The standard InChI is InChI=1S/C17H21BrN4O2/c1-5-22(3)11-20-15-8-14(18)17(21-12(15)2)24-10-13-6-7-16(23-4)19-9-13/h6-9,11H,5,10H2,1-4H3. The summed E-state index contributed by atoms with van der Waals surface area (Å²) in [4.78, 5) is 15.1. The summed E-state index contributed by atoms with van der Waals surface area (Å²) in [5.74, 6) is 1.11. The van der Waals surface area contributed by atoms with E-state index in [0.29, 0.717) is 18.4 Å². The highest BCUT2D eigenvalue weighted by molar-refractivity contribution is 9.10. The highest BCUT2D eigenvalue weighted by atomic mass is 79.9. The van der Waals surface area contributed by atoms with Crippen LogP contribution >= 0.6 is 15.9 Å². The molecule has 128 valence electrons. The van der Waals surface area contributed by atoms with Gasteiger partial charge in [0.15, 0.2) is 0 Å². The summed E-state index contributed by atoms with van der Waals surface area (Å²) < 4.78 is 11.6. The number of ether oxygens (including phenoxy) is 2. The Morgan fingerprint density at radius 3 is 2.79 bits per heavy atom. The average Bonchev–Trinajstić information content (AvgIpc) is 2.61. The molecule has 2 aromatic rings. The molecule has 0 aliphatic carbocycles. The molecular formula is C17H21BrN4O2. The Morgan fingerprint density at radius 2 is 2.17 bits per heavy atom. The van der Waals surface area contributed by atoms with E-state index in [1.165, 1.54) is 0 Å². The van der Waals surface area contributed by atoms with Crippen molar-refractivity contribution in [3.8, 4) is 11.8 Å². The number of hydrogen-bond donors (Lipinski definition) is 0. The minimum atomic E-state index is 0.378. The van der Waals surface area contributed by atoms with Crippen molar-refractivity contribution >= 4 is 28.0 Å². The van der Waals surface area contributed by atoms with Gasteiger partial charge in [-0.15, -0.1) is 0 Å². The molecule has 0 aliphatic heterocycles. The molecule has 24 heavy (non-hydrogen) atoms. The van der Waals surface area contributed by atoms with Gasteiger partial charge in [0.05, 0.1) is 29.3 Å². The maximum absolute atomic E-state index is 5.78. The molecule has 0 fully saturated rings. The van der Waals surface area contributed by atoms with Crippen LogP contribution in [-0.2, 0) is 6.61 Å². The van der Waals surface area contributed by atoms with Gasteiger partial charge in [-0.05, 0) is 41.9 Å². The van der Waals surface area contributed by atoms with E-state index in [9.17, 15) is 0 Å². The van der Waals surface area contributed by atoms with E-state index in [-0.39, 0.29) is 0 Å². The van der Waals surface area contributed by atoms with Crippen molar-refractivity contribution in [1.29, 1.82) is 0 Å². The summed E-state index contributed by atoms with van der Waals surface area (Å²) >= 11 is 3.49. The summed E-state index contributed by atoms with van der Waals surface area (Å²) in [6.45, 7) is 5.25. The summed E-state index contributed by atoms with van der Waals surface area (Å²) in [7, 11) is 3.56. The van der Waals surface area contributed by atoms with E-state index in [0.717, 1.165) is 28.0 Å². The molecule has 0 atom stereocenters. The molecule has 0 amide bonds. The van der Waals surface area contributed by atoms with E-state index in [1.54, 1.807) is 25.7 Å². The van der Waals surface area contributed by atoms with Crippen molar-refractivity contribution in [2.45, 2.75) is 20.5 Å². The van der Waals surface area contributed by atoms with Crippen molar-refractivity contribution in [3.63, 3.8) is 0 Å². The van der Waals surface area contributed by atoms with Crippen LogP contribution < -0.4 is 9.47 Å². The second-order valence-electron chi connectivity index (χ2n) is 5.20. The molecule has 7 heteroatoms. The Balaban J connectivity index is 2.08. The largest absolute Gasteiger partial charge is 0.481 e. The zero-order valence-corrected chi connectivity index (χ0v) is 15.9. The number of nitrogens with zero attached hydrogens (tertiary/aromatic N) is 4. The number of aromatic nitrogens is 2. The van der Waals surface area contributed by atoms with E-state index in [2.05, 4.69) is 37.8 Å². The van der Waals surface area contributed by atoms with Crippen LogP contribution in [0.1, 0.15) is 18.2 Å². The number of halogens is 1. The van der Waals surface area contributed by atoms with Gasteiger partial charge in [0.1, 0.15) is 6.61 Å². The lowest BCUT2D eigenvalue weighted by Crippen LogP contribution is -2.14. The number of rotatable bonds is 7. The average molecular weight is 393 g/mol. The molecule has 2 aromatic heterocycles. The fraction of sp³-hybridized carbons (Fsp3) is 0.353. The molecule has 0 aliphatic rings. The van der Waals surface area contributed by atoms with Crippen molar-refractivity contribution in [2.24, 2.45) is 4.99 Å². The number of hydrogen-bond acceptors (Lipinski definition) is 5. The van der Waals surface area contributed by atoms with Crippen LogP contribution in [0.15, 0.2) is 33.9 Å². The molecule has 0 aromatic carbocycles. The first-order chi connectivity index (χ1) is 11.5. The first kappa shape index (κ1) is 18.2. The molecular weight excluding hydrogens is 372 g/mol. The number of aryl methyl sites for hydroxylation is 1. The zero-order valence-electron chi connectivity index (χ0n) is 14.3. The van der Waals surface area contributed by atoms with Gasteiger partial charge in [0.25, 0.3) is 0 Å². The van der Waals surface area contributed by atoms with Crippen molar-refractivity contribution in [3.05, 3.63) is 40.1 Å². The van der Waals surface area contributed by atoms with Crippen LogP contribution in [0.4, 0.5) is 5.69 Å². The maximum Gasteiger partial charge on any atom is 0.228 e. The van der Waals surface area contributed by atoms with Gasteiger partial charge >= 0.3 is 0 Å². The van der Waals surface area contributed by atoms with Gasteiger partial charge in [-0.1, -0.05) is 0 Å². The summed E-state index contributed by atoms with van der Waals surface area (Å²) in [6.07, 6.45) is 3.51. The minimum absolute atomic E-state index is 0.378. The molecule has 0 radical (unpaired) electrons. The van der Waals surface area contributed by atoms with Crippen LogP contribution in [0, 0.1) is 6.92 Å². The third-order valence-electron chi connectivity index (χ3n) is 3.38. The maximum atomic E-state index is 5.78. The highest BCUT2D eigenvalue weighted by Crippen LogP contribution is 2.30. The van der Waals surface area contributed by atoms with E-state index >= 15 is 0 Å². The minimum Gasteiger partial charge on any atom is -0.481 e. The Bertz CT molecular complexity index is 704. The third kappa shape index (κ3) is 4.92. The van der Waals surface area contributed by atoms with E-state index in [1.807, 2.05) is 31.0 Å². The van der Waals surface area contributed by atoms with Gasteiger partial charge in [0.2, 0.25) is 11.8 Å². The third-order valence-corrected chi connectivity index (χ3v) is 3.95. The molecule has 0 saturated carbocycles. The van der Waals surface area contributed by atoms with Crippen molar-refractivity contribution in [1.82, 2.24) is 14.9 Å². The number of aliphatic imine (C=N–C) groups is 1. The predicted octanol–water partition coefficient (Wildman–Crippen LogP) is 3.75. The number of pyridine rings is 2. The van der Waals surface area contributed by atoms with Gasteiger partial charge in [-0.25, -0.2) is 15.0 Å². The van der Waals surface area contributed by atoms with Crippen molar-refractivity contribution in [2.75, 3.05) is 20.7 Å². The molecule has 0 unspecified atom stereocenters. The first-order valence-corrected chi connectivity index (χ1v) is 8.36. The second kappa shape index (κ2) is 8.63. The fourth-order valence-electron chi connectivity index (χ4n) is 1.79. The molecule has 0 bridgehead atoms. The van der Waals surface area contributed by atoms with Gasteiger partial charge in [-0.2, -0.15) is 0 Å². The van der Waals surface area contributed by atoms with Crippen LogP contribution in [-0.4, -0.2) is 41.9 Å². The normalized spacial score (nSPS) is 10.9.